The largest absolute Gasteiger partial charge is 0.341 e. The summed E-state index contributed by atoms with van der Waals surface area (Å²) < 4.78 is 0. The number of hydrogen-bond donors (Lipinski definition) is 2. The van der Waals surface area contributed by atoms with Crippen LogP contribution in [-0.2, 0) is 0 Å². The second-order valence-electron chi connectivity index (χ2n) is 6.17. The Hall–Kier alpha value is -1.39. The van der Waals surface area contributed by atoms with Gasteiger partial charge in [0.15, 0.2) is 0 Å². The van der Waals surface area contributed by atoms with Gasteiger partial charge in [-0.25, -0.2) is 4.98 Å². The maximum atomic E-state index is 4.71. The third-order valence-electron chi connectivity index (χ3n) is 4.89. The molecule has 3 heterocycles. The van der Waals surface area contributed by atoms with Gasteiger partial charge in [0.05, 0.1) is 17.1 Å². The van der Waals surface area contributed by atoms with E-state index in [1.807, 2.05) is 6.07 Å². The van der Waals surface area contributed by atoms with Gasteiger partial charge in [-0.2, -0.15) is 0 Å². The van der Waals surface area contributed by atoms with Crippen LogP contribution in [0.2, 0.25) is 0 Å². The molecule has 0 saturated carbocycles. The topological polar surface area (TPSA) is 44.0 Å². The number of rotatable bonds is 3. The Labute approximate surface area is 119 Å². The first-order valence-corrected chi connectivity index (χ1v) is 7.76. The van der Waals surface area contributed by atoms with E-state index in [-0.39, 0.29) is 6.04 Å². The molecule has 2 aliphatic heterocycles. The van der Waals surface area contributed by atoms with Gasteiger partial charge < -0.3 is 10.3 Å². The molecule has 0 amide bonds. The van der Waals surface area contributed by atoms with Crippen molar-refractivity contribution < 1.29 is 0 Å². The molecule has 3 atom stereocenters. The number of aromatic nitrogens is 2. The first-order chi connectivity index (χ1) is 9.81. The fraction of sp³-hybridized carbons (Fsp3) is 0.562. The number of H-pyrrole nitrogens is 1. The SMILES string of the molecule is CC(NC1CCN2CCCC12)c1nc2ccccc2[nH]1. The van der Waals surface area contributed by atoms with Crippen molar-refractivity contribution in [2.75, 3.05) is 13.1 Å². The van der Waals surface area contributed by atoms with Gasteiger partial charge in [0, 0.05) is 18.6 Å². The maximum Gasteiger partial charge on any atom is 0.124 e. The van der Waals surface area contributed by atoms with E-state index in [1.165, 1.54) is 32.4 Å². The van der Waals surface area contributed by atoms with Crippen molar-refractivity contribution in [3.63, 3.8) is 0 Å². The minimum absolute atomic E-state index is 0.285. The molecule has 1 aromatic carbocycles. The lowest BCUT2D eigenvalue weighted by Crippen LogP contribution is -2.40. The molecule has 20 heavy (non-hydrogen) atoms. The Balaban J connectivity index is 1.51. The standard InChI is InChI=1S/C16H22N4/c1-11(16-18-12-5-2-3-6-13(12)19-16)17-14-8-10-20-9-4-7-15(14)20/h2-3,5-6,11,14-15,17H,4,7-10H2,1H3,(H,18,19). The third-order valence-corrected chi connectivity index (χ3v) is 4.89. The van der Waals surface area contributed by atoms with Crippen LogP contribution in [0, 0.1) is 0 Å². The van der Waals surface area contributed by atoms with E-state index in [0.717, 1.165) is 22.9 Å². The van der Waals surface area contributed by atoms with E-state index in [2.05, 4.69) is 40.3 Å². The van der Waals surface area contributed by atoms with Gasteiger partial charge in [-0.15, -0.1) is 0 Å². The van der Waals surface area contributed by atoms with Gasteiger partial charge >= 0.3 is 0 Å². The summed E-state index contributed by atoms with van der Waals surface area (Å²) in [6.45, 7) is 4.77. The lowest BCUT2D eigenvalue weighted by molar-refractivity contribution is 0.290. The molecule has 2 aliphatic rings. The minimum atomic E-state index is 0.285. The summed E-state index contributed by atoms with van der Waals surface area (Å²) in [7, 11) is 0. The van der Waals surface area contributed by atoms with E-state index >= 15 is 0 Å². The number of nitrogens with one attached hydrogen (secondary N) is 2. The number of fused-ring (bicyclic) bond motifs is 2. The predicted octanol–water partition coefficient (Wildman–Crippen LogP) is 2.45. The van der Waals surface area contributed by atoms with Crippen molar-refractivity contribution in [1.29, 1.82) is 0 Å². The van der Waals surface area contributed by atoms with Gasteiger partial charge in [0.1, 0.15) is 5.82 Å². The number of para-hydroxylation sites is 2. The van der Waals surface area contributed by atoms with E-state index < -0.39 is 0 Å². The van der Waals surface area contributed by atoms with Crippen molar-refractivity contribution in [3.8, 4) is 0 Å². The number of benzene rings is 1. The molecule has 3 unspecified atom stereocenters. The first-order valence-electron chi connectivity index (χ1n) is 7.76. The van der Waals surface area contributed by atoms with Crippen LogP contribution in [0.3, 0.4) is 0 Å². The first kappa shape index (κ1) is 12.4. The second kappa shape index (κ2) is 4.86. The highest BCUT2D eigenvalue weighted by Gasteiger charge is 2.37. The fourth-order valence-corrected chi connectivity index (χ4v) is 3.85. The Kier molecular flexibility index (Phi) is 3.00. The molecular formula is C16H22N4. The zero-order chi connectivity index (χ0) is 13.5. The zero-order valence-electron chi connectivity index (χ0n) is 12.0. The molecule has 0 radical (unpaired) electrons. The molecule has 2 fully saturated rings. The van der Waals surface area contributed by atoms with E-state index in [9.17, 15) is 0 Å². The highest BCUT2D eigenvalue weighted by molar-refractivity contribution is 5.74. The highest BCUT2D eigenvalue weighted by Crippen LogP contribution is 2.29. The Morgan fingerprint density at radius 3 is 3.10 bits per heavy atom. The Bertz CT molecular complexity index is 572. The molecule has 2 saturated heterocycles. The summed E-state index contributed by atoms with van der Waals surface area (Å²) in [5.74, 6) is 1.06. The van der Waals surface area contributed by atoms with Crippen molar-refractivity contribution in [3.05, 3.63) is 30.1 Å². The summed E-state index contributed by atoms with van der Waals surface area (Å²) in [5.41, 5.74) is 2.19. The molecular weight excluding hydrogens is 248 g/mol. The summed E-state index contributed by atoms with van der Waals surface area (Å²) in [6, 6.07) is 9.91. The zero-order valence-corrected chi connectivity index (χ0v) is 12.0. The van der Waals surface area contributed by atoms with Gasteiger partial charge in [0.2, 0.25) is 0 Å². The maximum absolute atomic E-state index is 4.71. The number of nitrogens with zero attached hydrogens (tertiary/aromatic N) is 2. The monoisotopic (exact) mass is 270 g/mol. The molecule has 4 rings (SSSR count). The van der Waals surface area contributed by atoms with E-state index in [1.54, 1.807) is 0 Å². The molecule has 106 valence electrons. The fourth-order valence-electron chi connectivity index (χ4n) is 3.85. The van der Waals surface area contributed by atoms with Crippen molar-refractivity contribution >= 4 is 11.0 Å². The third kappa shape index (κ3) is 2.03. The number of hydrogen-bond acceptors (Lipinski definition) is 3. The average molecular weight is 270 g/mol. The van der Waals surface area contributed by atoms with Gasteiger partial charge in [-0.05, 0) is 44.9 Å². The van der Waals surface area contributed by atoms with E-state index in [0.29, 0.717) is 6.04 Å². The average Bonchev–Trinajstić information content (AvgIpc) is 3.13. The number of imidazole rings is 1. The van der Waals surface area contributed by atoms with Gasteiger partial charge in [-0.3, -0.25) is 4.90 Å². The molecule has 4 nitrogen and oxygen atoms in total. The lowest BCUT2D eigenvalue weighted by atomic mass is 10.1. The molecule has 0 aliphatic carbocycles. The predicted molar refractivity (Wildman–Crippen MR) is 80.6 cm³/mol. The van der Waals surface area contributed by atoms with Crippen LogP contribution in [0.4, 0.5) is 0 Å². The Morgan fingerprint density at radius 2 is 2.20 bits per heavy atom. The van der Waals surface area contributed by atoms with Crippen LogP contribution in [0.1, 0.15) is 38.1 Å². The summed E-state index contributed by atoms with van der Waals surface area (Å²) in [5, 5.41) is 3.79. The molecule has 0 bridgehead atoms. The smallest absolute Gasteiger partial charge is 0.124 e. The van der Waals surface area contributed by atoms with E-state index in [4.69, 9.17) is 4.98 Å². The molecule has 2 aromatic rings. The quantitative estimate of drug-likeness (QED) is 0.900. The summed E-state index contributed by atoms with van der Waals surface area (Å²) in [6.07, 6.45) is 3.99. The second-order valence-corrected chi connectivity index (χ2v) is 6.17. The minimum Gasteiger partial charge on any atom is -0.341 e. The van der Waals surface area contributed by atoms with Crippen LogP contribution in [0.25, 0.3) is 11.0 Å². The van der Waals surface area contributed by atoms with Crippen molar-refractivity contribution in [1.82, 2.24) is 20.2 Å². The van der Waals surface area contributed by atoms with Crippen LogP contribution < -0.4 is 5.32 Å². The van der Waals surface area contributed by atoms with Crippen LogP contribution in [-0.4, -0.2) is 40.0 Å². The number of aromatic amines is 1. The highest BCUT2D eigenvalue weighted by atomic mass is 15.2. The molecule has 1 aromatic heterocycles. The summed E-state index contributed by atoms with van der Waals surface area (Å²) in [4.78, 5) is 10.8. The lowest BCUT2D eigenvalue weighted by Gasteiger charge is -2.24. The van der Waals surface area contributed by atoms with Crippen molar-refractivity contribution in [2.45, 2.75) is 44.3 Å². The Morgan fingerprint density at radius 1 is 1.30 bits per heavy atom. The van der Waals surface area contributed by atoms with Crippen LogP contribution >= 0.6 is 0 Å². The van der Waals surface area contributed by atoms with Gasteiger partial charge in [0.25, 0.3) is 0 Å². The van der Waals surface area contributed by atoms with Gasteiger partial charge in [-0.1, -0.05) is 12.1 Å². The van der Waals surface area contributed by atoms with Crippen LogP contribution in [0.15, 0.2) is 24.3 Å². The molecule has 0 spiro atoms. The summed E-state index contributed by atoms with van der Waals surface area (Å²) >= 11 is 0. The van der Waals surface area contributed by atoms with Crippen molar-refractivity contribution in [2.24, 2.45) is 0 Å². The molecule has 2 N–H and O–H groups in total. The normalized spacial score (nSPS) is 28.1. The van der Waals surface area contributed by atoms with Crippen LogP contribution in [0.5, 0.6) is 0 Å². The molecule has 4 heteroatoms.